The van der Waals surface area contributed by atoms with E-state index >= 15 is 0 Å². The second-order valence-corrected chi connectivity index (χ2v) is 9.46. The number of hydrogen-bond acceptors (Lipinski definition) is 4. The number of nitrogens with one attached hydrogen (secondary N) is 2. The van der Waals surface area contributed by atoms with Crippen LogP contribution in [0.1, 0.15) is 18.9 Å². The molecule has 2 rings (SSSR count). The number of aliphatic imine (C=N–C) groups is 1. The molecular weight excluding hydrogens is 502 g/mol. The lowest BCUT2D eigenvalue weighted by molar-refractivity contribution is 0.409. The van der Waals surface area contributed by atoms with Crippen molar-refractivity contribution in [1.29, 1.82) is 0 Å². The van der Waals surface area contributed by atoms with E-state index in [2.05, 4.69) is 26.9 Å². The zero-order chi connectivity index (χ0) is 19.2. The van der Waals surface area contributed by atoms with Crippen molar-refractivity contribution in [3.8, 4) is 0 Å². The van der Waals surface area contributed by atoms with E-state index in [1.807, 2.05) is 11.8 Å². The van der Waals surface area contributed by atoms with Crippen LogP contribution in [0.2, 0.25) is 0 Å². The molecule has 1 aliphatic heterocycles. The van der Waals surface area contributed by atoms with Gasteiger partial charge in [-0.15, -0.1) is 24.0 Å². The van der Waals surface area contributed by atoms with Gasteiger partial charge in [0, 0.05) is 37.7 Å². The van der Waals surface area contributed by atoms with Crippen molar-refractivity contribution < 1.29 is 12.8 Å². The van der Waals surface area contributed by atoms with Crippen molar-refractivity contribution in [2.75, 3.05) is 42.9 Å². The minimum absolute atomic E-state index is 0. The number of halogens is 2. The van der Waals surface area contributed by atoms with Crippen molar-refractivity contribution in [3.05, 3.63) is 29.6 Å². The molecule has 1 unspecified atom stereocenters. The van der Waals surface area contributed by atoms with Crippen molar-refractivity contribution in [2.45, 2.75) is 25.5 Å². The lowest BCUT2D eigenvalue weighted by Crippen LogP contribution is -2.48. The van der Waals surface area contributed by atoms with E-state index < -0.39 is 15.8 Å². The quantitative estimate of drug-likeness (QED) is 0.336. The van der Waals surface area contributed by atoms with Crippen LogP contribution in [0.4, 0.5) is 10.1 Å². The normalized spacial score (nSPS) is 18.0. The first kappa shape index (κ1) is 24.3. The molecule has 1 heterocycles. The van der Waals surface area contributed by atoms with Crippen LogP contribution >= 0.6 is 35.7 Å². The van der Waals surface area contributed by atoms with Gasteiger partial charge >= 0.3 is 0 Å². The van der Waals surface area contributed by atoms with Gasteiger partial charge in [0.05, 0.1) is 11.4 Å². The summed E-state index contributed by atoms with van der Waals surface area (Å²) in [6.45, 7) is 5.84. The summed E-state index contributed by atoms with van der Waals surface area (Å²) in [5, 5.41) is 3.69. The number of anilines is 1. The molecule has 154 valence electrons. The highest BCUT2D eigenvalue weighted by Gasteiger charge is 2.21. The molecule has 1 aromatic rings. The first-order valence-electron chi connectivity index (χ1n) is 8.68. The topological polar surface area (TPSA) is 73.8 Å². The smallest absolute Gasteiger partial charge is 0.234 e. The van der Waals surface area contributed by atoms with Crippen molar-refractivity contribution in [1.82, 2.24) is 10.2 Å². The van der Waals surface area contributed by atoms with Gasteiger partial charge in [0.2, 0.25) is 10.0 Å². The first-order valence-corrected chi connectivity index (χ1v) is 11.4. The average Bonchev–Trinajstić information content (AvgIpc) is 2.61. The van der Waals surface area contributed by atoms with E-state index in [-0.39, 0.29) is 42.0 Å². The monoisotopic (exact) mass is 530 g/mol. The largest absolute Gasteiger partial charge is 0.355 e. The highest BCUT2D eigenvalue weighted by molar-refractivity contribution is 14.0. The van der Waals surface area contributed by atoms with Gasteiger partial charge < -0.3 is 10.2 Å². The Morgan fingerprint density at radius 3 is 2.81 bits per heavy atom. The Kier molecular flexibility index (Phi) is 10.2. The number of benzene rings is 1. The Bertz CT molecular complexity index is 746. The van der Waals surface area contributed by atoms with E-state index in [0.29, 0.717) is 10.8 Å². The Labute approximate surface area is 182 Å². The fourth-order valence-electron chi connectivity index (χ4n) is 2.68. The molecule has 0 aromatic heterocycles. The maximum Gasteiger partial charge on any atom is 0.234 e. The van der Waals surface area contributed by atoms with Crippen LogP contribution < -0.4 is 10.0 Å². The standard InChI is InChI=1S/C17H27FN4O2S2.HI/c1-4-15-12-22(8-9-25-15)17(19-3)20-7-10-26(23,24)21-14-6-5-13(2)16(18)11-14;/h5-6,11,15,21H,4,7-10,12H2,1-3H3,(H,19,20);1H. The van der Waals surface area contributed by atoms with E-state index in [1.165, 1.54) is 6.07 Å². The SMILES string of the molecule is CCC1CN(C(=NC)NCCS(=O)(=O)Nc2ccc(C)c(F)c2)CCS1.I. The van der Waals surface area contributed by atoms with Crippen molar-refractivity contribution >= 4 is 57.4 Å². The number of aryl methyl sites for hydroxylation is 1. The molecule has 1 aromatic carbocycles. The van der Waals surface area contributed by atoms with E-state index in [1.54, 1.807) is 26.1 Å². The third-order valence-electron chi connectivity index (χ3n) is 4.20. The number of hydrogen-bond donors (Lipinski definition) is 2. The van der Waals surface area contributed by atoms with Gasteiger partial charge in [0.1, 0.15) is 5.82 Å². The fraction of sp³-hybridized carbons (Fsp3) is 0.588. The lowest BCUT2D eigenvalue weighted by Gasteiger charge is -2.34. The minimum Gasteiger partial charge on any atom is -0.355 e. The van der Waals surface area contributed by atoms with Crippen LogP contribution in [0, 0.1) is 12.7 Å². The number of guanidine groups is 1. The molecule has 0 spiro atoms. The van der Waals surface area contributed by atoms with Crippen LogP contribution in [0.3, 0.4) is 0 Å². The molecule has 1 saturated heterocycles. The van der Waals surface area contributed by atoms with Gasteiger partial charge in [-0.2, -0.15) is 11.8 Å². The molecule has 10 heteroatoms. The summed E-state index contributed by atoms with van der Waals surface area (Å²) in [7, 11) is -1.87. The Balaban J connectivity index is 0.00000364. The third kappa shape index (κ3) is 7.65. The van der Waals surface area contributed by atoms with Gasteiger partial charge in [-0.3, -0.25) is 9.71 Å². The zero-order valence-electron chi connectivity index (χ0n) is 15.9. The maximum absolute atomic E-state index is 13.6. The zero-order valence-corrected chi connectivity index (χ0v) is 19.8. The van der Waals surface area contributed by atoms with E-state index in [0.717, 1.165) is 31.2 Å². The summed E-state index contributed by atoms with van der Waals surface area (Å²) in [6.07, 6.45) is 1.10. The molecule has 0 saturated carbocycles. The first-order chi connectivity index (χ1) is 12.3. The van der Waals surface area contributed by atoms with E-state index in [4.69, 9.17) is 0 Å². The molecule has 0 amide bonds. The summed E-state index contributed by atoms with van der Waals surface area (Å²) >= 11 is 1.97. The maximum atomic E-state index is 13.6. The van der Waals surface area contributed by atoms with Crippen LogP contribution in [-0.2, 0) is 10.0 Å². The highest BCUT2D eigenvalue weighted by atomic mass is 127. The molecule has 0 bridgehead atoms. The van der Waals surface area contributed by atoms with E-state index in [9.17, 15) is 12.8 Å². The predicted octanol–water partition coefficient (Wildman–Crippen LogP) is 2.90. The second kappa shape index (κ2) is 11.3. The number of nitrogens with zero attached hydrogens (tertiary/aromatic N) is 2. The summed E-state index contributed by atoms with van der Waals surface area (Å²) in [5.74, 6) is 1.21. The minimum atomic E-state index is -3.57. The predicted molar refractivity (Wildman–Crippen MR) is 123 cm³/mol. The number of rotatable bonds is 6. The second-order valence-electron chi connectivity index (χ2n) is 6.21. The summed E-state index contributed by atoms with van der Waals surface area (Å²) in [6, 6.07) is 4.29. The molecule has 0 aliphatic carbocycles. The van der Waals surface area contributed by atoms with Gasteiger partial charge in [-0.1, -0.05) is 13.0 Å². The Morgan fingerprint density at radius 1 is 1.44 bits per heavy atom. The number of sulfonamides is 1. The van der Waals surface area contributed by atoms with Crippen molar-refractivity contribution in [3.63, 3.8) is 0 Å². The highest BCUT2D eigenvalue weighted by Crippen LogP contribution is 2.21. The van der Waals surface area contributed by atoms with Gasteiger partial charge in [-0.25, -0.2) is 12.8 Å². The van der Waals surface area contributed by atoms with Crippen LogP contribution in [0.5, 0.6) is 0 Å². The molecule has 1 fully saturated rings. The van der Waals surface area contributed by atoms with Crippen LogP contribution in [0.15, 0.2) is 23.2 Å². The number of thioether (sulfide) groups is 1. The van der Waals surface area contributed by atoms with Crippen LogP contribution in [0.25, 0.3) is 0 Å². The molecule has 27 heavy (non-hydrogen) atoms. The molecule has 0 radical (unpaired) electrons. The van der Waals surface area contributed by atoms with Gasteiger partial charge in [0.25, 0.3) is 0 Å². The molecule has 2 N–H and O–H groups in total. The molecule has 1 aliphatic rings. The van der Waals surface area contributed by atoms with Gasteiger partial charge in [0.15, 0.2) is 5.96 Å². The molecular formula is C17H28FIN4O2S2. The Hall–Kier alpha value is -0.750. The summed E-state index contributed by atoms with van der Waals surface area (Å²) < 4.78 is 40.4. The summed E-state index contributed by atoms with van der Waals surface area (Å²) in [4.78, 5) is 6.43. The van der Waals surface area contributed by atoms with Crippen molar-refractivity contribution in [2.24, 2.45) is 4.99 Å². The average molecular weight is 530 g/mol. The molecule has 1 atom stereocenters. The van der Waals surface area contributed by atoms with Gasteiger partial charge in [-0.05, 0) is 31.0 Å². The lowest BCUT2D eigenvalue weighted by atomic mass is 10.2. The third-order valence-corrected chi connectivity index (χ3v) is 6.86. The van der Waals surface area contributed by atoms with Crippen LogP contribution in [-0.4, -0.2) is 62.7 Å². The fourth-order valence-corrected chi connectivity index (χ4v) is 4.81. The Morgan fingerprint density at radius 2 is 2.19 bits per heavy atom. The summed E-state index contributed by atoms with van der Waals surface area (Å²) in [5.41, 5.74) is 0.708. The molecule has 6 nitrogen and oxygen atoms in total.